The van der Waals surface area contributed by atoms with E-state index in [0.29, 0.717) is 19.8 Å². The van der Waals surface area contributed by atoms with Gasteiger partial charge in [-0.1, -0.05) is 84.9 Å². The van der Waals surface area contributed by atoms with E-state index in [0.717, 1.165) is 45.9 Å². The molecule has 0 heterocycles. The van der Waals surface area contributed by atoms with Gasteiger partial charge in [0.05, 0.1) is 6.61 Å². The molecule has 4 aromatic carbocycles. The monoisotopic (exact) mass is 450 g/mol. The molecule has 4 aromatic rings. The summed E-state index contributed by atoms with van der Waals surface area (Å²) in [5, 5.41) is 0. The molecule has 3 nitrogen and oxygen atoms in total. The van der Waals surface area contributed by atoms with Crippen LogP contribution in [0.3, 0.4) is 0 Å². The zero-order chi connectivity index (χ0) is 23.4. The standard InChI is InChI=1S/C31H30O3/c1-25(12-11-21-32-28-17-9-4-10-18-28)30-22-29(33-23-26-13-5-2-6-14-26)19-20-31(30)34-24-27-15-7-3-8-16-27/h2-10,12-20,22H,11,21,23-24H2,1H3. The highest BCUT2D eigenvalue weighted by Crippen LogP contribution is 2.31. The second-order valence-electron chi connectivity index (χ2n) is 8.04. The fraction of sp³-hybridized carbons (Fsp3) is 0.161. The van der Waals surface area contributed by atoms with E-state index in [-0.39, 0.29) is 0 Å². The van der Waals surface area contributed by atoms with E-state index in [4.69, 9.17) is 14.2 Å². The fourth-order valence-electron chi connectivity index (χ4n) is 3.59. The van der Waals surface area contributed by atoms with E-state index in [1.54, 1.807) is 0 Å². The lowest BCUT2D eigenvalue weighted by atomic mass is 10.0. The van der Waals surface area contributed by atoms with Gasteiger partial charge in [0, 0.05) is 12.0 Å². The number of hydrogen-bond donors (Lipinski definition) is 0. The molecule has 0 amide bonds. The number of para-hydroxylation sites is 1. The SMILES string of the molecule is CC(=CCCOc1ccccc1)c1cc(OCc2ccccc2)ccc1OCc1ccccc1. The number of rotatable bonds is 11. The molecule has 0 fully saturated rings. The summed E-state index contributed by atoms with van der Waals surface area (Å²) < 4.78 is 18.1. The fourth-order valence-corrected chi connectivity index (χ4v) is 3.59. The third kappa shape index (κ3) is 7.01. The Hall–Kier alpha value is -3.98. The average Bonchev–Trinajstić information content (AvgIpc) is 2.90. The van der Waals surface area contributed by atoms with Crippen LogP contribution in [-0.2, 0) is 13.2 Å². The van der Waals surface area contributed by atoms with Crippen molar-refractivity contribution in [2.75, 3.05) is 6.61 Å². The lowest BCUT2D eigenvalue weighted by molar-refractivity contribution is 0.296. The van der Waals surface area contributed by atoms with Crippen LogP contribution < -0.4 is 14.2 Å². The summed E-state index contributed by atoms with van der Waals surface area (Å²) in [7, 11) is 0. The van der Waals surface area contributed by atoms with Crippen molar-refractivity contribution in [3.8, 4) is 17.2 Å². The maximum absolute atomic E-state index is 6.21. The molecular formula is C31H30O3. The van der Waals surface area contributed by atoms with E-state index < -0.39 is 0 Å². The molecule has 4 rings (SSSR count). The highest BCUT2D eigenvalue weighted by atomic mass is 16.5. The van der Waals surface area contributed by atoms with Gasteiger partial charge in [-0.2, -0.15) is 0 Å². The number of allylic oxidation sites excluding steroid dienone is 1. The molecule has 0 saturated heterocycles. The summed E-state index contributed by atoms with van der Waals surface area (Å²) in [5.74, 6) is 2.55. The van der Waals surface area contributed by atoms with Gasteiger partial charge in [-0.25, -0.2) is 0 Å². The third-order valence-corrected chi connectivity index (χ3v) is 5.44. The molecule has 0 spiro atoms. The minimum atomic E-state index is 0.516. The Balaban J connectivity index is 1.46. The Morgan fingerprint density at radius 2 is 1.21 bits per heavy atom. The molecule has 0 unspecified atom stereocenters. The second-order valence-corrected chi connectivity index (χ2v) is 8.04. The molecule has 0 aromatic heterocycles. The predicted octanol–water partition coefficient (Wildman–Crippen LogP) is 7.72. The Kier molecular flexibility index (Phi) is 8.40. The van der Waals surface area contributed by atoms with E-state index in [2.05, 4.69) is 43.3 Å². The molecule has 0 aliphatic heterocycles. The molecule has 0 atom stereocenters. The van der Waals surface area contributed by atoms with Gasteiger partial charge in [-0.05, 0) is 54.0 Å². The first-order chi connectivity index (χ1) is 16.8. The number of ether oxygens (including phenoxy) is 3. The zero-order valence-electron chi connectivity index (χ0n) is 19.5. The van der Waals surface area contributed by atoms with E-state index >= 15 is 0 Å². The van der Waals surface area contributed by atoms with Gasteiger partial charge in [-0.3, -0.25) is 0 Å². The lowest BCUT2D eigenvalue weighted by Gasteiger charge is -2.15. The quantitative estimate of drug-likeness (QED) is 0.219. The Labute approximate surface area is 202 Å². The Morgan fingerprint density at radius 1 is 0.618 bits per heavy atom. The molecule has 0 saturated carbocycles. The minimum absolute atomic E-state index is 0.516. The van der Waals surface area contributed by atoms with Crippen molar-refractivity contribution in [2.24, 2.45) is 0 Å². The van der Waals surface area contributed by atoms with Crippen LogP contribution in [0.5, 0.6) is 17.2 Å². The minimum Gasteiger partial charge on any atom is -0.493 e. The predicted molar refractivity (Wildman–Crippen MR) is 138 cm³/mol. The van der Waals surface area contributed by atoms with Crippen molar-refractivity contribution in [1.82, 2.24) is 0 Å². The van der Waals surface area contributed by atoms with Gasteiger partial charge in [0.15, 0.2) is 0 Å². The van der Waals surface area contributed by atoms with Crippen LogP contribution >= 0.6 is 0 Å². The van der Waals surface area contributed by atoms with Gasteiger partial charge >= 0.3 is 0 Å². The Morgan fingerprint density at radius 3 is 1.85 bits per heavy atom. The van der Waals surface area contributed by atoms with Crippen LogP contribution in [0.1, 0.15) is 30.0 Å². The van der Waals surface area contributed by atoms with E-state index in [1.807, 2.05) is 78.9 Å². The zero-order valence-corrected chi connectivity index (χ0v) is 19.5. The first-order valence-electron chi connectivity index (χ1n) is 11.6. The highest BCUT2D eigenvalue weighted by molar-refractivity contribution is 5.70. The lowest BCUT2D eigenvalue weighted by Crippen LogP contribution is -2.00. The maximum Gasteiger partial charge on any atom is 0.127 e. The largest absolute Gasteiger partial charge is 0.493 e. The summed E-state index contributed by atoms with van der Waals surface area (Å²) in [6.45, 7) is 3.76. The van der Waals surface area contributed by atoms with Crippen molar-refractivity contribution in [3.63, 3.8) is 0 Å². The smallest absolute Gasteiger partial charge is 0.127 e. The van der Waals surface area contributed by atoms with Crippen molar-refractivity contribution >= 4 is 5.57 Å². The summed E-state index contributed by atoms with van der Waals surface area (Å²) in [6.07, 6.45) is 2.99. The molecule has 172 valence electrons. The van der Waals surface area contributed by atoms with Gasteiger partial charge in [0.25, 0.3) is 0 Å². The van der Waals surface area contributed by atoms with E-state index in [1.165, 1.54) is 0 Å². The molecule has 0 N–H and O–H groups in total. The van der Waals surface area contributed by atoms with Crippen molar-refractivity contribution < 1.29 is 14.2 Å². The van der Waals surface area contributed by atoms with Gasteiger partial charge < -0.3 is 14.2 Å². The molecular weight excluding hydrogens is 420 g/mol. The molecule has 0 bridgehead atoms. The molecule has 3 heteroatoms. The van der Waals surface area contributed by atoms with Crippen molar-refractivity contribution in [2.45, 2.75) is 26.6 Å². The highest BCUT2D eigenvalue weighted by Gasteiger charge is 2.09. The van der Waals surface area contributed by atoms with Crippen LogP contribution in [0.2, 0.25) is 0 Å². The normalized spacial score (nSPS) is 11.1. The first kappa shape index (κ1) is 23.2. The van der Waals surface area contributed by atoms with Gasteiger partial charge in [-0.15, -0.1) is 0 Å². The van der Waals surface area contributed by atoms with Crippen LogP contribution in [0.4, 0.5) is 0 Å². The summed E-state index contributed by atoms with van der Waals surface area (Å²) >= 11 is 0. The van der Waals surface area contributed by atoms with Crippen LogP contribution in [0, 0.1) is 0 Å². The first-order valence-corrected chi connectivity index (χ1v) is 11.6. The number of benzene rings is 4. The van der Waals surface area contributed by atoms with Crippen molar-refractivity contribution in [3.05, 3.63) is 132 Å². The Bertz CT molecular complexity index is 1170. The summed E-state index contributed by atoms with van der Waals surface area (Å²) in [4.78, 5) is 0. The average molecular weight is 451 g/mol. The summed E-state index contributed by atoms with van der Waals surface area (Å²) in [6, 6.07) is 36.3. The van der Waals surface area contributed by atoms with Gasteiger partial charge in [0.2, 0.25) is 0 Å². The van der Waals surface area contributed by atoms with Crippen LogP contribution in [0.15, 0.2) is 115 Å². The molecule has 0 aliphatic carbocycles. The van der Waals surface area contributed by atoms with Crippen molar-refractivity contribution in [1.29, 1.82) is 0 Å². The van der Waals surface area contributed by atoms with E-state index in [9.17, 15) is 0 Å². The number of hydrogen-bond acceptors (Lipinski definition) is 3. The van der Waals surface area contributed by atoms with Crippen LogP contribution in [0.25, 0.3) is 5.57 Å². The third-order valence-electron chi connectivity index (χ3n) is 5.44. The van der Waals surface area contributed by atoms with Crippen LogP contribution in [-0.4, -0.2) is 6.61 Å². The second kappa shape index (κ2) is 12.3. The van der Waals surface area contributed by atoms with Gasteiger partial charge in [0.1, 0.15) is 30.5 Å². The molecule has 34 heavy (non-hydrogen) atoms. The maximum atomic E-state index is 6.21. The summed E-state index contributed by atoms with van der Waals surface area (Å²) in [5.41, 5.74) is 4.43. The molecule has 0 radical (unpaired) electrons. The molecule has 0 aliphatic rings. The topological polar surface area (TPSA) is 27.7 Å².